The lowest BCUT2D eigenvalue weighted by Crippen LogP contribution is -2.21. The van der Waals surface area contributed by atoms with Gasteiger partial charge in [-0.3, -0.25) is 4.40 Å². The van der Waals surface area contributed by atoms with E-state index in [1.165, 1.54) is 24.3 Å². The Balaban J connectivity index is 1.83. The van der Waals surface area contributed by atoms with Crippen LogP contribution in [0.5, 0.6) is 0 Å². The Morgan fingerprint density at radius 3 is 2.69 bits per heavy atom. The first-order valence-electron chi connectivity index (χ1n) is 8.14. The van der Waals surface area contributed by atoms with E-state index in [0.717, 1.165) is 18.4 Å². The molecule has 1 aliphatic carbocycles. The van der Waals surface area contributed by atoms with E-state index in [1.54, 1.807) is 16.8 Å². The molecule has 1 aliphatic rings. The maximum atomic E-state index is 14.0. The van der Waals surface area contributed by atoms with Gasteiger partial charge >= 0.3 is 0 Å². The quantitative estimate of drug-likeness (QED) is 0.489. The van der Waals surface area contributed by atoms with Gasteiger partial charge in [-0.1, -0.05) is 15.9 Å². The average molecular weight is 416 g/mol. The van der Waals surface area contributed by atoms with E-state index in [0.29, 0.717) is 27.1 Å². The maximum Gasteiger partial charge on any atom is 0.257 e. The minimum atomic E-state index is -0.357. The molecule has 0 saturated heterocycles. The highest BCUT2D eigenvalue weighted by Gasteiger charge is 2.33. The van der Waals surface area contributed by atoms with Gasteiger partial charge in [0.25, 0.3) is 5.78 Å². The molecule has 8 heteroatoms. The van der Waals surface area contributed by atoms with Crippen LogP contribution in [-0.4, -0.2) is 25.6 Å². The molecule has 0 unspecified atom stereocenters. The Kier molecular flexibility index (Phi) is 3.43. The van der Waals surface area contributed by atoms with Crippen molar-refractivity contribution < 1.29 is 8.78 Å². The van der Waals surface area contributed by atoms with Gasteiger partial charge in [-0.25, -0.2) is 8.78 Å². The number of hydrogen-bond donors (Lipinski definition) is 0. The highest BCUT2D eigenvalue weighted by molar-refractivity contribution is 9.10. The van der Waals surface area contributed by atoms with Crippen LogP contribution in [0.2, 0.25) is 0 Å². The molecule has 0 bridgehead atoms. The summed E-state index contributed by atoms with van der Waals surface area (Å²) in [6.45, 7) is 0. The predicted octanol–water partition coefficient (Wildman–Crippen LogP) is 4.62. The number of benzene rings is 2. The van der Waals surface area contributed by atoms with Crippen molar-refractivity contribution in [2.45, 2.75) is 18.9 Å². The Labute approximate surface area is 155 Å². The van der Waals surface area contributed by atoms with Gasteiger partial charge in [0.05, 0.1) is 5.52 Å². The average Bonchev–Trinajstić information content (AvgIpc) is 3.30. The fraction of sp³-hybridized carbons (Fsp3) is 0.167. The third-order valence-electron chi connectivity index (χ3n) is 4.46. The van der Waals surface area contributed by atoms with Crippen molar-refractivity contribution in [3.8, 4) is 0 Å². The summed E-state index contributed by atoms with van der Waals surface area (Å²) in [4.78, 5) is 6.58. The van der Waals surface area contributed by atoms with E-state index in [4.69, 9.17) is 0 Å². The second-order valence-corrected chi connectivity index (χ2v) is 7.24. The molecule has 4 aromatic rings. The van der Waals surface area contributed by atoms with E-state index >= 15 is 0 Å². The third kappa shape index (κ3) is 2.52. The zero-order valence-electron chi connectivity index (χ0n) is 13.4. The second kappa shape index (κ2) is 5.70. The van der Waals surface area contributed by atoms with Crippen LogP contribution in [-0.2, 0) is 0 Å². The highest BCUT2D eigenvalue weighted by atomic mass is 79.9. The summed E-state index contributed by atoms with van der Waals surface area (Å²) < 4.78 is 30.4. The summed E-state index contributed by atoms with van der Waals surface area (Å²) in [5.41, 5.74) is 1.42. The van der Waals surface area contributed by atoms with Crippen molar-refractivity contribution in [2.24, 2.45) is 0 Å². The Morgan fingerprint density at radius 1 is 1.08 bits per heavy atom. The first kappa shape index (κ1) is 15.6. The van der Waals surface area contributed by atoms with Gasteiger partial charge in [0.2, 0.25) is 0 Å². The second-order valence-electron chi connectivity index (χ2n) is 6.33. The van der Waals surface area contributed by atoms with Crippen LogP contribution >= 0.6 is 15.9 Å². The predicted molar refractivity (Wildman–Crippen MR) is 97.5 cm³/mol. The SMILES string of the molecule is Fc1cc(Br)cc(N(c2nc3nncn3c3ccc(F)cc23)C2CC2)c1. The lowest BCUT2D eigenvalue weighted by atomic mass is 10.2. The first-order valence-corrected chi connectivity index (χ1v) is 8.94. The van der Waals surface area contributed by atoms with Crippen molar-refractivity contribution >= 4 is 44.1 Å². The van der Waals surface area contributed by atoms with E-state index in [9.17, 15) is 8.78 Å². The summed E-state index contributed by atoms with van der Waals surface area (Å²) in [6, 6.07) is 9.41. The molecule has 5 rings (SSSR count). The summed E-state index contributed by atoms with van der Waals surface area (Å²) in [7, 11) is 0. The van der Waals surface area contributed by atoms with Gasteiger partial charge < -0.3 is 4.90 Å². The molecule has 1 fully saturated rings. The molecule has 0 radical (unpaired) electrons. The number of fused-ring (bicyclic) bond motifs is 3. The van der Waals surface area contributed by atoms with Crippen LogP contribution in [0.3, 0.4) is 0 Å². The molecule has 26 heavy (non-hydrogen) atoms. The van der Waals surface area contributed by atoms with Gasteiger partial charge in [0, 0.05) is 21.6 Å². The molecule has 0 amide bonds. The fourth-order valence-electron chi connectivity index (χ4n) is 3.23. The number of hydrogen-bond acceptors (Lipinski definition) is 4. The molecule has 5 nitrogen and oxygen atoms in total. The van der Waals surface area contributed by atoms with E-state index < -0.39 is 0 Å². The molecule has 2 aromatic heterocycles. The minimum absolute atomic E-state index is 0.188. The molecule has 0 N–H and O–H groups in total. The zero-order valence-corrected chi connectivity index (χ0v) is 15.0. The van der Waals surface area contributed by atoms with Crippen molar-refractivity contribution in [3.05, 3.63) is 58.8 Å². The van der Waals surface area contributed by atoms with Gasteiger partial charge in [0.1, 0.15) is 23.8 Å². The first-order chi connectivity index (χ1) is 12.6. The molecular formula is C18H12BrF2N5. The number of aromatic nitrogens is 4. The van der Waals surface area contributed by atoms with Crippen molar-refractivity contribution in [2.75, 3.05) is 4.90 Å². The molecular weight excluding hydrogens is 404 g/mol. The molecule has 0 atom stereocenters. The Hall–Kier alpha value is -2.61. The van der Waals surface area contributed by atoms with Crippen LogP contribution in [0.25, 0.3) is 16.7 Å². The largest absolute Gasteiger partial charge is 0.322 e. The van der Waals surface area contributed by atoms with Gasteiger partial charge in [-0.15, -0.1) is 10.2 Å². The number of anilines is 2. The number of nitrogens with zero attached hydrogens (tertiary/aromatic N) is 5. The zero-order chi connectivity index (χ0) is 17.8. The van der Waals surface area contributed by atoms with E-state index in [1.807, 2.05) is 11.0 Å². The lowest BCUT2D eigenvalue weighted by Gasteiger charge is -2.25. The van der Waals surface area contributed by atoms with Gasteiger partial charge in [-0.2, -0.15) is 4.98 Å². The molecule has 2 heterocycles. The Bertz CT molecular complexity index is 1130. The summed E-state index contributed by atoms with van der Waals surface area (Å²) in [6.07, 6.45) is 3.47. The van der Waals surface area contributed by atoms with Crippen LogP contribution in [0.1, 0.15) is 12.8 Å². The lowest BCUT2D eigenvalue weighted by molar-refractivity contribution is 0.626. The fourth-order valence-corrected chi connectivity index (χ4v) is 3.68. The van der Waals surface area contributed by atoms with E-state index in [2.05, 4.69) is 31.1 Å². The van der Waals surface area contributed by atoms with Crippen LogP contribution in [0.4, 0.5) is 20.3 Å². The van der Waals surface area contributed by atoms with Gasteiger partial charge in [-0.05, 0) is 49.2 Å². The number of halogens is 3. The molecule has 0 spiro atoms. The summed E-state index contributed by atoms with van der Waals surface area (Å²) >= 11 is 3.34. The molecule has 2 aromatic carbocycles. The maximum absolute atomic E-state index is 14.0. The molecule has 130 valence electrons. The van der Waals surface area contributed by atoms with Crippen LogP contribution < -0.4 is 4.90 Å². The van der Waals surface area contributed by atoms with E-state index in [-0.39, 0.29) is 17.7 Å². The summed E-state index contributed by atoms with van der Waals surface area (Å²) in [5, 5.41) is 8.58. The van der Waals surface area contributed by atoms with Crippen LogP contribution in [0.15, 0.2) is 47.2 Å². The normalized spacial score (nSPS) is 14.3. The van der Waals surface area contributed by atoms with Crippen LogP contribution in [0, 0.1) is 11.6 Å². The monoisotopic (exact) mass is 415 g/mol. The Morgan fingerprint density at radius 2 is 1.92 bits per heavy atom. The van der Waals surface area contributed by atoms with Crippen molar-refractivity contribution in [3.63, 3.8) is 0 Å². The van der Waals surface area contributed by atoms with Gasteiger partial charge in [0.15, 0.2) is 0 Å². The topological polar surface area (TPSA) is 46.3 Å². The third-order valence-corrected chi connectivity index (χ3v) is 4.92. The molecule has 0 aliphatic heterocycles. The molecule has 1 saturated carbocycles. The van der Waals surface area contributed by atoms with Crippen molar-refractivity contribution in [1.29, 1.82) is 0 Å². The highest BCUT2D eigenvalue weighted by Crippen LogP contribution is 2.41. The standard InChI is InChI=1S/C18H12BrF2N5/c19-10-5-12(21)7-14(6-10)26(13-2-3-13)17-15-8-11(20)1-4-16(15)25-9-22-24-18(25)23-17/h1,4-9,13H,2-3H2. The summed E-state index contributed by atoms with van der Waals surface area (Å²) in [5.74, 6) is 0.267. The minimum Gasteiger partial charge on any atom is -0.322 e. The van der Waals surface area contributed by atoms with Crippen molar-refractivity contribution in [1.82, 2.24) is 19.6 Å². The number of rotatable bonds is 3. The smallest absolute Gasteiger partial charge is 0.257 e.